The van der Waals surface area contributed by atoms with Crippen LogP contribution >= 0.6 is 23.1 Å². The van der Waals surface area contributed by atoms with Crippen LogP contribution in [0.4, 0.5) is 0 Å². The summed E-state index contributed by atoms with van der Waals surface area (Å²) in [4.78, 5) is 7.77. The number of aryl methyl sites for hydroxylation is 1. The van der Waals surface area contributed by atoms with E-state index in [1.165, 1.54) is 48.9 Å². The zero-order valence-electron chi connectivity index (χ0n) is 20.3. The van der Waals surface area contributed by atoms with Gasteiger partial charge in [-0.15, -0.1) is 23.1 Å². The first-order chi connectivity index (χ1) is 16.3. The standard InChI is InChI=1S/C31H29NS2/c1-18-17-33-30-28(18)24(29-19(2)22-11-8-9-13-27(22)34-29)16-26(32-30)21-14-20-10-6-7-12-23(20)25(15-21)31(3,4)5/h6-17,22,27H,1-5H3. The maximum absolute atomic E-state index is 5.20. The van der Waals surface area contributed by atoms with Gasteiger partial charge in [-0.05, 0) is 64.7 Å². The zero-order valence-corrected chi connectivity index (χ0v) is 22.0. The van der Waals surface area contributed by atoms with E-state index in [1.54, 1.807) is 11.3 Å². The Bertz CT molecular complexity index is 1540. The van der Waals surface area contributed by atoms with Gasteiger partial charge >= 0.3 is 0 Å². The molecule has 2 atom stereocenters. The molecule has 2 aliphatic rings. The van der Waals surface area contributed by atoms with Crippen molar-refractivity contribution in [1.82, 2.24) is 4.98 Å². The van der Waals surface area contributed by atoms with Gasteiger partial charge in [0, 0.05) is 32.6 Å². The molecule has 2 aromatic heterocycles. The van der Waals surface area contributed by atoms with Crippen molar-refractivity contribution in [2.45, 2.75) is 45.3 Å². The van der Waals surface area contributed by atoms with Crippen molar-refractivity contribution in [2.24, 2.45) is 5.92 Å². The van der Waals surface area contributed by atoms with Gasteiger partial charge in [0.25, 0.3) is 0 Å². The summed E-state index contributed by atoms with van der Waals surface area (Å²) in [5, 5.41) is 6.69. The second kappa shape index (κ2) is 7.96. The third-order valence-electron chi connectivity index (χ3n) is 7.13. The summed E-state index contributed by atoms with van der Waals surface area (Å²) < 4.78 is 0. The molecule has 1 aliphatic heterocycles. The lowest BCUT2D eigenvalue weighted by molar-refractivity contribution is 0.596. The first-order valence-electron chi connectivity index (χ1n) is 12.0. The number of pyridine rings is 1. The summed E-state index contributed by atoms with van der Waals surface area (Å²) in [5.41, 5.74) is 7.86. The molecule has 0 saturated carbocycles. The Labute approximate surface area is 210 Å². The van der Waals surface area contributed by atoms with Crippen LogP contribution in [0.15, 0.2) is 77.7 Å². The molecule has 170 valence electrons. The number of thiophene rings is 1. The monoisotopic (exact) mass is 479 g/mol. The maximum Gasteiger partial charge on any atom is 0.124 e. The molecule has 0 amide bonds. The second-order valence-electron chi connectivity index (χ2n) is 10.5. The first kappa shape index (κ1) is 21.9. The Morgan fingerprint density at radius 1 is 0.941 bits per heavy atom. The molecule has 0 saturated heterocycles. The highest BCUT2D eigenvalue weighted by molar-refractivity contribution is 8.09. The van der Waals surface area contributed by atoms with Crippen LogP contribution in [0, 0.1) is 12.8 Å². The van der Waals surface area contributed by atoms with Crippen LogP contribution in [0.1, 0.15) is 44.4 Å². The fourth-order valence-corrected chi connectivity index (χ4v) is 7.78. The Hall–Kier alpha value is -2.62. The lowest BCUT2D eigenvalue weighted by atomic mass is 9.82. The third-order valence-corrected chi connectivity index (χ3v) is 9.62. The third kappa shape index (κ3) is 3.49. The van der Waals surface area contributed by atoms with Crippen LogP contribution in [0.5, 0.6) is 0 Å². The highest BCUT2D eigenvalue weighted by Gasteiger charge is 2.33. The second-order valence-corrected chi connectivity index (χ2v) is 12.6. The van der Waals surface area contributed by atoms with Crippen molar-refractivity contribution in [2.75, 3.05) is 0 Å². The van der Waals surface area contributed by atoms with Crippen LogP contribution in [0.25, 0.3) is 37.2 Å². The predicted octanol–water partition coefficient (Wildman–Crippen LogP) is 9.31. The van der Waals surface area contributed by atoms with Gasteiger partial charge in [-0.2, -0.15) is 0 Å². The van der Waals surface area contributed by atoms with Crippen LogP contribution in [0.3, 0.4) is 0 Å². The predicted molar refractivity (Wildman–Crippen MR) is 152 cm³/mol. The minimum absolute atomic E-state index is 0.0524. The van der Waals surface area contributed by atoms with E-state index >= 15 is 0 Å². The van der Waals surface area contributed by atoms with Crippen molar-refractivity contribution in [3.8, 4) is 11.3 Å². The number of benzene rings is 2. The summed E-state index contributed by atoms with van der Waals surface area (Å²) in [6.45, 7) is 11.4. The smallest absolute Gasteiger partial charge is 0.124 e. The van der Waals surface area contributed by atoms with Gasteiger partial charge in [-0.25, -0.2) is 4.98 Å². The van der Waals surface area contributed by atoms with E-state index in [4.69, 9.17) is 4.98 Å². The van der Waals surface area contributed by atoms with E-state index in [0.29, 0.717) is 11.2 Å². The fourth-order valence-electron chi connectivity index (χ4n) is 5.34. The van der Waals surface area contributed by atoms with Gasteiger partial charge in [0.1, 0.15) is 4.83 Å². The van der Waals surface area contributed by atoms with Crippen LogP contribution in [0.2, 0.25) is 0 Å². The lowest BCUT2D eigenvalue weighted by Crippen LogP contribution is -2.12. The number of thioether (sulfide) groups is 1. The molecule has 6 rings (SSSR count). The molecule has 1 nitrogen and oxygen atoms in total. The number of rotatable bonds is 2. The van der Waals surface area contributed by atoms with E-state index in [1.807, 2.05) is 11.8 Å². The molecule has 0 spiro atoms. The molecule has 0 radical (unpaired) electrons. The molecule has 2 unspecified atom stereocenters. The lowest BCUT2D eigenvalue weighted by Gasteiger charge is -2.23. The largest absolute Gasteiger partial charge is 0.237 e. The molecule has 4 aromatic rings. The van der Waals surface area contributed by atoms with Gasteiger partial charge in [0.2, 0.25) is 0 Å². The average Bonchev–Trinajstić information content (AvgIpc) is 3.37. The maximum atomic E-state index is 5.20. The number of allylic oxidation sites excluding steroid dienone is 4. The molecule has 0 N–H and O–H groups in total. The number of hydrogen-bond donors (Lipinski definition) is 0. The number of hydrogen-bond acceptors (Lipinski definition) is 3. The molecule has 3 heterocycles. The number of fused-ring (bicyclic) bond motifs is 3. The molecule has 0 bridgehead atoms. The molecule has 1 aliphatic carbocycles. The topological polar surface area (TPSA) is 12.9 Å². The fraction of sp³-hybridized carbons (Fsp3) is 0.258. The van der Waals surface area contributed by atoms with Crippen molar-refractivity contribution < 1.29 is 0 Å². The average molecular weight is 480 g/mol. The summed E-state index contributed by atoms with van der Waals surface area (Å²) in [7, 11) is 0. The van der Waals surface area contributed by atoms with Crippen molar-refractivity contribution in [3.63, 3.8) is 0 Å². The van der Waals surface area contributed by atoms with Crippen molar-refractivity contribution in [3.05, 3.63) is 94.4 Å². The van der Waals surface area contributed by atoms with Gasteiger partial charge in [0.15, 0.2) is 0 Å². The van der Waals surface area contributed by atoms with E-state index in [-0.39, 0.29) is 5.41 Å². The van der Waals surface area contributed by atoms with E-state index < -0.39 is 0 Å². The highest BCUT2D eigenvalue weighted by Crippen LogP contribution is 2.52. The summed E-state index contributed by atoms with van der Waals surface area (Å²) in [5.74, 6) is 0.490. The zero-order chi connectivity index (χ0) is 23.6. The Morgan fingerprint density at radius 2 is 1.74 bits per heavy atom. The van der Waals surface area contributed by atoms with Gasteiger partial charge in [-0.1, -0.05) is 74.9 Å². The summed E-state index contributed by atoms with van der Waals surface area (Å²) in [6.07, 6.45) is 9.10. The van der Waals surface area contributed by atoms with Gasteiger partial charge in [-0.3, -0.25) is 0 Å². The summed E-state index contributed by atoms with van der Waals surface area (Å²) >= 11 is 3.78. The summed E-state index contributed by atoms with van der Waals surface area (Å²) in [6, 6.07) is 15.8. The number of aromatic nitrogens is 1. The Balaban J connectivity index is 1.60. The first-order valence-corrected chi connectivity index (χ1v) is 13.7. The highest BCUT2D eigenvalue weighted by atomic mass is 32.2. The van der Waals surface area contributed by atoms with Gasteiger partial charge in [0.05, 0.1) is 5.69 Å². The van der Waals surface area contributed by atoms with E-state index in [0.717, 1.165) is 10.5 Å². The Morgan fingerprint density at radius 3 is 2.53 bits per heavy atom. The van der Waals surface area contributed by atoms with E-state index in [9.17, 15) is 0 Å². The quantitative estimate of drug-likeness (QED) is 0.284. The Kier molecular flexibility index (Phi) is 5.13. The van der Waals surface area contributed by atoms with Crippen LogP contribution in [-0.4, -0.2) is 10.2 Å². The molecule has 34 heavy (non-hydrogen) atoms. The SMILES string of the molecule is CC1=C(c2cc(-c3cc(C(C)(C)C)c4ccccc4c3)nc3scc(C)c23)SC2C=CC=CC12. The van der Waals surface area contributed by atoms with Crippen molar-refractivity contribution in [1.29, 1.82) is 0 Å². The van der Waals surface area contributed by atoms with Crippen molar-refractivity contribution >= 4 is 49.0 Å². The molecule has 0 fully saturated rings. The molecule has 2 aromatic carbocycles. The minimum Gasteiger partial charge on any atom is -0.237 e. The number of nitrogens with zero attached hydrogens (tertiary/aromatic N) is 1. The van der Waals surface area contributed by atoms with Gasteiger partial charge < -0.3 is 0 Å². The molecular weight excluding hydrogens is 450 g/mol. The van der Waals surface area contributed by atoms with Crippen LogP contribution in [-0.2, 0) is 5.41 Å². The molecule has 3 heteroatoms. The van der Waals surface area contributed by atoms with Crippen LogP contribution < -0.4 is 0 Å². The minimum atomic E-state index is 0.0524. The molecular formula is C31H29NS2. The van der Waals surface area contributed by atoms with E-state index in [2.05, 4.69) is 107 Å². The normalized spacial score (nSPS) is 20.0.